The first-order valence-electron chi connectivity index (χ1n) is 6.67. The molecule has 1 unspecified atom stereocenters. The molecular formula is C14H19N3OS2. The molecule has 4 N–H and O–H groups in total. The lowest BCUT2D eigenvalue weighted by atomic mass is 10.1. The maximum atomic E-state index is 11.6. The maximum absolute atomic E-state index is 11.6. The molecule has 1 atom stereocenters. The van der Waals surface area contributed by atoms with Gasteiger partial charge in [0.05, 0.1) is 0 Å². The third-order valence-corrected chi connectivity index (χ3v) is 4.59. The largest absolute Gasteiger partial charge is 0.389 e. The van der Waals surface area contributed by atoms with Gasteiger partial charge in [0.15, 0.2) is 0 Å². The van der Waals surface area contributed by atoms with E-state index >= 15 is 0 Å². The van der Waals surface area contributed by atoms with Crippen molar-refractivity contribution in [1.82, 2.24) is 0 Å². The summed E-state index contributed by atoms with van der Waals surface area (Å²) in [5.74, 6) is 0.656. The lowest BCUT2D eigenvalue weighted by Crippen LogP contribution is -2.41. The summed E-state index contributed by atoms with van der Waals surface area (Å²) >= 11 is 6.92. The van der Waals surface area contributed by atoms with E-state index in [0.717, 1.165) is 41.3 Å². The maximum Gasteiger partial charge on any atom is 0.240 e. The van der Waals surface area contributed by atoms with Gasteiger partial charge in [-0.25, -0.2) is 0 Å². The number of benzene rings is 1. The smallest absolute Gasteiger partial charge is 0.240 e. The van der Waals surface area contributed by atoms with Crippen LogP contribution in [0.2, 0.25) is 0 Å². The Morgan fingerprint density at radius 3 is 2.85 bits per heavy atom. The summed E-state index contributed by atoms with van der Waals surface area (Å²) in [5, 5.41) is 0. The Bertz CT molecular complexity index is 533. The first-order chi connectivity index (χ1) is 9.56. The van der Waals surface area contributed by atoms with E-state index < -0.39 is 0 Å². The fraction of sp³-hybridized carbons (Fsp3) is 0.429. The zero-order valence-corrected chi connectivity index (χ0v) is 13.1. The van der Waals surface area contributed by atoms with Gasteiger partial charge in [-0.05, 0) is 30.7 Å². The molecule has 108 valence electrons. The van der Waals surface area contributed by atoms with Gasteiger partial charge in [-0.15, -0.1) is 11.8 Å². The van der Waals surface area contributed by atoms with Gasteiger partial charge in [-0.2, -0.15) is 0 Å². The topological polar surface area (TPSA) is 72.3 Å². The number of thiocarbonyl (C=S) groups is 1. The number of carbonyl (C=O) groups excluding carboxylic acids is 1. The number of anilines is 1. The Morgan fingerprint density at radius 1 is 1.50 bits per heavy atom. The van der Waals surface area contributed by atoms with Crippen molar-refractivity contribution < 1.29 is 4.79 Å². The summed E-state index contributed by atoms with van der Waals surface area (Å²) in [6, 6.07) is 5.70. The van der Waals surface area contributed by atoms with Crippen LogP contribution in [0.4, 0.5) is 5.69 Å². The van der Waals surface area contributed by atoms with Crippen molar-refractivity contribution in [2.75, 3.05) is 17.2 Å². The molecule has 1 aliphatic rings. The van der Waals surface area contributed by atoms with E-state index in [0.29, 0.717) is 4.99 Å². The first kappa shape index (κ1) is 15.1. The second kappa shape index (κ2) is 6.45. The molecule has 0 aromatic heterocycles. The minimum Gasteiger partial charge on any atom is -0.389 e. The van der Waals surface area contributed by atoms with E-state index in [1.807, 2.05) is 23.1 Å². The van der Waals surface area contributed by atoms with Gasteiger partial charge in [-0.3, -0.25) is 4.79 Å². The summed E-state index contributed by atoms with van der Waals surface area (Å²) in [7, 11) is 0. The molecule has 4 nitrogen and oxygen atoms in total. The molecule has 1 fully saturated rings. The van der Waals surface area contributed by atoms with Gasteiger partial charge in [0.2, 0.25) is 5.91 Å². The van der Waals surface area contributed by atoms with Crippen LogP contribution < -0.4 is 16.4 Å². The molecule has 1 amide bonds. The zero-order chi connectivity index (χ0) is 14.7. The predicted molar refractivity (Wildman–Crippen MR) is 88.3 cm³/mol. The van der Waals surface area contributed by atoms with Gasteiger partial charge in [-0.1, -0.05) is 25.2 Å². The summed E-state index contributed by atoms with van der Waals surface area (Å²) in [6.45, 7) is 2.90. The predicted octanol–water partition coefficient (Wildman–Crippen LogP) is 1.89. The third-order valence-electron chi connectivity index (χ3n) is 3.44. The van der Waals surface area contributed by atoms with Gasteiger partial charge in [0, 0.05) is 22.7 Å². The highest BCUT2D eigenvalue weighted by Crippen LogP contribution is 2.34. The number of nitrogens with zero attached hydrogens (tertiary/aromatic N) is 1. The molecule has 0 radical (unpaired) electrons. The quantitative estimate of drug-likeness (QED) is 0.642. The lowest BCUT2D eigenvalue weighted by molar-refractivity contribution is -0.119. The molecule has 6 heteroatoms. The number of primary amides is 1. The normalized spacial score (nSPS) is 18.2. The molecule has 2 rings (SSSR count). The third kappa shape index (κ3) is 2.91. The van der Waals surface area contributed by atoms with Gasteiger partial charge in [0.1, 0.15) is 11.0 Å². The first-order valence-corrected chi connectivity index (χ1v) is 8.07. The van der Waals surface area contributed by atoms with Gasteiger partial charge in [0.25, 0.3) is 0 Å². The fourth-order valence-electron chi connectivity index (χ4n) is 2.63. The Morgan fingerprint density at radius 2 is 2.25 bits per heavy atom. The molecule has 1 aliphatic heterocycles. The lowest BCUT2D eigenvalue weighted by Gasteiger charge is -2.27. The highest BCUT2D eigenvalue weighted by Gasteiger charge is 2.31. The van der Waals surface area contributed by atoms with Crippen LogP contribution in [0.5, 0.6) is 0 Å². The molecule has 20 heavy (non-hydrogen) atoms. The molecule has 0 spiro atoms. The number of thioether (sulfide) groups is 1. The second-order valence-electron chi connectivity index (χ2n) is 4.70. The number of hydrogen-bond acceptors (Lipinski definition) is 4. The van der Waals surface area contributed by atoms with Crippen LogP contribution >= 0.6 is 24.0 Å². The van der Waals surface area contributed by atoms with Crippen LogP contribution in [0.15, 0.2) is 23.1 Å². The summed E-state index contributed by atoms with van der Waals surface area (Å²) in [5.41, 5.74) is 13.2. The van der Waals surface area contributed by atoms with Crippen LogP contribution in [-0.2, 0) is 4.79 Å². The molecule has 1 aromatic rings. The van der Waals surface area contributed by atoms with E-state index in [2.05, 4.69) is 6.92 Å². The molecule has 0 bridgehead atoms. The van der Waals surface area contributed by atoms with Crippen LogP contribution in [0.3, 0.4) is 0 Å². The minimum atomic E-state index is -0.287. The van der Waals surface area contributed by atoms with Crippen LogP contribution in [0.1, 0.15) is 25.3 Å². The number of amides is 1. The van der Waals surface area contributed by atoms with E-state index in [1.165, 1.54) is 0 Å². The van der Waals surface area contributed by atoms with Crippen molar-refractivity contribution in [3.63, 3.8) is 0 Å². The van der Waals surface area contributed by atoms with Crippen LogP contribution in [0.25, 0.3) is 0 Å². The highest BCUT2D eigenvalue weighted by molar-refractivity contribution is 7.99. The Labute approximate surface area is 128 Å². The minimum absolute atomic E-state index is 0.259. The zero-order valence-electron chi connectivity index (χ0n) is 11.5. The van der Waals surface area contributed by atoms with E-state index in [9.17, 15) is 4.79 Å². The Hall–Kier alpha value is -1.27. The second-order valence-corrected chi connectivity index (χ2v) is 6.45. The van der Waals surface area contributed by atoms with Crippen LogP contribution in [0, 0.1) is 0 Å². The standard InChI is InChI=1S/C14H19N3OS2/c1-2-20-11-7-3-5-9(12(11)14(16)19)17-8-4-6-10(17)13(15)18/h3,5,7,10H,2,4,6,8H2,1H3,(H2,15,18)(H2,16,19). The van der Waals surface area contributed by atoms with E-state index in [1.54, 1.807) is 11.8 Å². The molecule has 1 saturated heterocycles. The average Bonchev–Trinajstić information content (AvgIpc) is 2.87. The van der Waals surface area contributed by atoms with Crippen molar-refractivity contribution in [3.8, 4) is 0 Å². The number of rotatable bonds is 5. The van der Waals surface area contributed by atoms with Crippen molar-refractivity contribution in [1.29, 1.82) is 0 Å². The monoisotopic (exact) mass is 309 g/mol. The molecular weight excluding hydrogens is 290 g/mol. The Balaban J connectivity index is 2.47. The summed E-state index contributed by atoms with van der Waals surface area (Å²) in [4.78, 5) is 15.1. The average molecular weight is 309 g/mol. The van der Waals surface area contributed by atoms with Gasteiger partial charge >= 0.3 is 0 Å². The van der Waals surface area contributed by atoms with Crippen molar-refractivity contribution in [2.24, 2.45) is 11.5 Å². The summed E-state index contributed by atoms with van der Waals surface area (Å²) in [6.07, 6.45) is 1.74. The SMILES string of the molecule is CCSc1cccc(N2CCCC2C(N)=O)c1C(N)=S. The fourth-order valence-corrected chi connectivity index (χ4v) is 3.76. The van der Waals surface area contributed by atoms with E-state index in [4.69, 9.17) is 23.7 Å². The number of hydrogen-bond donors (Lipinski definition) is 2. The number of nitrogens with two attached hydrogens (primary N) is 2. The highest BCUT2D eigenvalue weighted by atomic mass is 32.2. The van der Waals surface area contributed by atoms with Gasteiger partial charge < -0.3 is 16.4 Å². The molecule has 0 saturated carbocycles. The van der Waals surface area contributed by atoms with Crippen molar-refractivity contribution in [2.45, 2.75) is 30.7 Å². The summed E-state index contributed by atoms with van der Waals surface area (Å²) < 4.78 is 0. The molecule has 1 aromatic carbocycles. The molecule has 1 heterocycles. The Kier molecular flexibility index (Phi) is 4.88. The van der Waals surface area contributed by atoms with Crippen molar-refractivity contribution >= 4 is 40.6 Å². The van der Waals surface area contributed by atoms with Crippen molar-refractivity contribution in [3.05, 3.63) is 23.8 Å². The van der Waals surface area contributed by atoms with E-state index in [-0.39, 0.29) is 11.9 Å². The number of carbonyl (C=O) groups is 1. The molecule has 0 aliphatic carbocycles. The van der Waals surface area contributed by atoms with Crippen LogP contribution in [-0.4, -0.2) is 29.2 Å².